The molecule has 0 aromatic heterocycles. The van der Waals surface area contributed by atoms with Gasteiger partial charge in [0, 0.05) is 26.2 Å². The molecule has 0 saturated carbocycles. The Labute approximate surface area is 181 Å². The summed E-state index contributed by atoms with van der Waals surface area (Å²) < 4.78 is 4.73. The van der Waals surface area contributed by atoms with Gasteiger partial charge in [0.1, 0.15) is 0 Å². The maximum Gasteiger partial charge on any atom is 0.409 e. The number of hydrogen-bond donors (Lipinski definition) is 3. The van der Waals surface area contributed by atoms with Gasteiger partial charge in [-0.2, -0.15) is 0 Å². The average Bonchev–Trinajstić information content (AvgIpc) is 3.27. The van der Waals surface area contributed by atoms with Gasteiger partial charge >= 0.3 is 6.09 Å². The predicted octanol–water partition coefficient (Wildman–Crippen LogP) is 0.710. The summed E-state index contributed by atoms with van der Waals surface area (Å²) in [6.45, 7) is 2.71. The van der Waals surface area contributed by atoms with E-state index in [4.69, 9.17) is 4.74 Å². The first-order valence-electron chi connectivity index (χ1n) is 10.5. The summed E-state index contributed by atoms with van der Waals surface area (Å²) in [6, 6.07) is 9.22. The molecule has 3 aliphatic rings. The number of ether oxygens (including phenoxy) is 1. The lowest BCUT2D eigenvalue weighted by Crippen LogP contribution is -2.62. The summed E-state index contributed by atoms with van der Waals surface area (Å²) >= 11 is 0. The van der Waals surface area contributed by atoms with E-state index in [9.17, 15) is 19.6 Å². The number of nitrogens with zero attached hydrogens (tertiary/aromatic N) is 2. The van der Waals surface area contributed by atoms with E-state index in [0.717, 1.165) is 11.1 Å². The highest BCUT2D eigenvalue weighted by molar-refractivity contribution is 5.91. The van der Waals surface area contributed by atoms with Gasteiger partial charge in [0.05, 0.1) is 19.1 Å². The number of hydroxylamine groups is 1. The first kappa shape index (κ1) is 21.3. The van der Waals surface area contributed by atoms with Gasteiger partial charge in [-0.05, 0) is 35.9 Å². The average molecular weight is 428 g/mol. The van der Waals surface area contributed by atoms with E-state index in [1.54, 1.807) is 15.3 Å². The van der Waals surface area contributed by atoms with Crippen molar-refractivity contribution in [1.82, 2.24) is 20.6 Å². The fraction of sp³-hybridized carbons (Fsp3) is 0.500. The molecule has 3 atom stereocenters. The molecule has 2 fully saturated rings. The number of carbonyl (C=O) groups is 3. The molecule has 1 aromatic rings. The molecule has 0 unspecified atom stereocenters. The Morgan fingerprint density at radius 2 is 1.87 bits per heavy atom. The largest absolute Gasteiger partial charge is 0.453 e. The monoisotopic (exact) mass is 428 g/mol. The van der Waals surface area contributed by atoms with Crippen molar-refractivity contribution < 1.29 is 24.3 Å². The molecule has 0 bridgehead atoms. The Morgan fingerprint density at radius 1 is 1.13 bits per heavy atom. The lowest BCUT2D eigenvalue weighted by Gasteiger charge is -2.46. The van der Waals surface area contributed by atoms with Crippen molar-refractivity contribution in [2.45, 2.75) is 12.5 Å². The fourth-order valence-corrected chi connectivity index (χ4v) is 4.80. The SMILES string of the molecule is COC(=O)N1CC([C@H]2CN[C@H](C(=O)N3CC=C(c4ccccc4)C3)[C@@H](C(=O)NO)C2)C1. The Balaban J connectivity index is 1.38. The molecule has 31 heavy (non-hydrogen) atoms. The van der Waals surface area contributed by atoms with Crippen LogP contribution in [-0.2, 0) is 14.3 Å². The van der Waals surface area contributed by atoms with E-state index in [1.165, 1.54) is 7.11 Å². The number of piperidine rings is 1. The van der Waals surface area contributed by atoms with Gasteiger partial charge in [-0.15, -0.1) is 0 Å². The van der Waals surface area contributed by atoms with E-state index in [0.29, 0.717) is 39.1 Å². The van der Waals surface area contributed by atoms with E-state index in [1.807, 2.05) is 36.4 Å². The maximum absolute atomic E-state index is 13.2. The summed E-state index contributed by atoms with van der Waals surface area (Å²) in [7, 11) is 1.35. The molecule has 3 N–H and O–H groups in total. The second-order valence-corrected chi connectivity index (χ2v) is 8.41. The van der Waals surface area contributed by atoms with Gasteiger partial charge in [0.15, 0.2) is 0 Å². The number of hydrogen-bond acceptors (Lipinski definition) is 6. The molecule has 3 amide bonds. The lowest BCUT2D eigenvalue weighted by molar-refractivity contribution is -0.144. The molecule has 0 radical (unpaired) electrons. The Kier molecular flexibility index (Phi) is 6.24. The summed E-state index contributed by atoms with van der Waals surface area (Å²) in [4.78, 5) is 40.6. The Bertz CT molecular complexity index is 868. The van der Waals surface area contributed by atoms with Crippen LogP contribution in [0.25, 0.3) is 5.57 Å². The van der Waals surface area contributed by atoms with Crippen LogP contribution in [-0.4, -0.2) is 78.8 Å². The van der Waals surface area contributed by atoms with Crippen LogP contribution in [0.1, 0.15) is 12.0 Å². The standard InChI is InChI=1S/C22H28N4O5/c1-31-22(29)26-12-17(13-26)16-9-18(20(27)24-30)19(23-10-16)21(28)25-8-7-15(11-25)14-5-3-2-4-6-14/h2-7,16-19,23,30H,8-13H2,1H3,(H,24,27)/t16-,18+,19+/m1/s1. The molecule has 1 aromatic carbocycles. The highest BCUT2D eigenvalue weighted by atomic mass is 16.5. The predicted molar refractivity (Wildman–Crippen MR) is 112 cm³/mol. The molecule has 166 valence electrons. The van der Waals surface area contributed by atoms with Gasteiger partial charge in [0.25, 0.3) is 0 Å². The minimum absolute atomic E-state index is 0.129. The molecule has 9 heteroatoms. The van der Waals surface area contributed by atoms with Gasteiger partial charge in [0.2, 0.25) is 11.8 Å². The van der Waals surface area contributed by atoms with Crippen molar-refractivity contribution in [3.05, 3.63) is 42.0 Å². The number of rotatable bonds is 4. The molecule has 9 nitrogen and oxygen atoms in total. The molecule has 0 spiro atoms. The van der Waals surface area contributed by atoms with Gasteiger partial charge in [-0.1, -0.05) is 36.4 Å². The number of amides is 3. The molecule has 3 aliphatic heterocycles. The van der Waals surface area contributed by atoms with Crippen molar-refractivity contribution in [2.75, 3.05) is 39.8 Å². The molecule has 2 saturated heterocycles. The van der Waals surface area contributed by atoms with Gasteiger partial charge in [-0.3, -0.25) is 14.8 Å². The molecular formula is C22H28N4O5. The first-order chi connectivity index (χ1) is 15.0. The summed E-state index contributed by atoms with van der Waals surface area (Å²) in [5.74, 6) is -1.02. The minimum atomic E-state index is -0.691. The summed E-state index contributed by atoms with van der Waals surface area (Å²) in [5, 5.41) is 12.5. The third-order valence-electron chi connectivity index (χ3n) is 6.66. The van der Waals surface area contributed by atoms with E-state index in [-0.39, 0.29) is 23.8 Å². The van der Waals surface area contributed by atoms with Crippen molar-refractivity contribution in [3.63, 3.8) is 0 Å². The molecule has 4 rings (SSSR count). The van der Waals surface area contributed by atoms with Crippen LogP contribution in [0.15, 0.2) is 36.4 Å². The van der Waals surface area contributed by atoms with Crippen molar-refractivity contribution in [3.8, 4) is 0 Å². The van der Waals surface area contributed by atoms with Crippen molar-refractivity contribution >= 4 is 23.5 Å². The zero-order valence-electron chi connectivity index (χ0n) is 17.5. The quantitative estimate of drug-likeness (QED) is 0.481. The van der Waals surface area contributed by atoms with Crippen LogP contribution >= 0.6 is 0 Å². The fourth-order valence-electron chi connectivity index (χ4n) is 4.80. The normalized spacial score (nSPS) is 26.1. The third-order valence-corrected chi connectivity index (χ3v) is 6.66. The number of likely N-dealkylation sites (tertiary alicyclic amines) is 1. The van der Waals surface area contributed by atoms with Crippen LogP contribution in [0.2, 0.25) is 0 Å². The number of benzene rings is 1. The van der Waals surface area contributed by atoms with Gasteiger partial charge in [-0.25, -0.2) is 10.3 Å². The van der Waals surface area contributed by atoms with Crippen molar-refractivity contribution in [1.29, 1.82) is 0 Å². The molecule has 0 aliphatic carbocycles. The van der Waals surface area contributed by atoms with Crippen LogP contribution in [0.5, 0.6) is 0 Å². The van der Waals surface area contributed by atoms with Crippen molar-refractivity contribution in [2.24, 2.45) is 17.8 Å². The van der Waals surface area contributed by atoms with Crippen LogP contribution in [0.4, 0.5) is 4.79 Å². The topological polar surface area (TPSA) is 111 Å². The third kappa shape index (κ3) is 4.28. The van der Waals surface area contributed by atoms with Crippen LogP contribution < -0.4 is 10.8 Å². The number of carbonyl (C=O) groups excluding carboxylic acids is 3. The minimum Gasteiger partial charge on any atom is -0.453 e. The second-order valence-electron chi connectivity index (χ2n) is 8.41. The molecule has 3 heterocycles. The van der Waals surface area contributed by atoms with E-state index >= 15 is 0 Å². The van der Waals surface area contributed by atoms with Crippen LogP contribution in [0, 0.1) is 17.8 Å². The lowest BCUT2D eigenvalue weighted by atomic mass is 9.75. The highest BCUT2D eigenvalue weighted by Crippen LogP contribution is 2.34. The summed E-state index contributed by atoms with van der Waals surface area (Å²) in [6.07, 6.45) is 2.16. The van der Waals surface area contributed by atoms with Crippen LogP contribution in [0.3, 0.4) is 0 Å². The molecular weight excluding hydrogens is 400 g/mol. The number of nitrogens with one attached hydrogen (secondary N) is 2. The van der Waals surface area contributed by atoms with E-state index in [2.05, 4.69) is 5.32 Å². The van der Waals surface area contributed by atoms with Gasteiger partial charge < -0.3 is 19.9 Å². The zero-order chi connectivity index (χ0) is 22.0. The van der Waals surface area contributed by atoms with E-state index < -0.39 is 17.9 Å². The zero-order valence-corrected chi connectivity index (χ0v) is 17.5. The maximum atomic E-state index is 13.2. The smallest absolute Gasteiger partial charge is 0.409 e. The highest BCUT2D eigenvalue weighted by Gasteiger charge is 2.46. The summed E-state index contributed by atoms with van der Waals surface area (Å²) in [5.41, 5.74) is 3.90. The Hall–Kier alpha value is -2.91. The second kappa shape index (κ2) is 9.07. The Morgan fingerprint density at radius 3 is 2.55 bits per heavy atom. The first-order valence-corrected chi connectivity index (χ1v) is 10.5. The number of methoxy groups -OCH3 is 1.